The summed E-state index contributed by atoms with van der Waals surface area (Å²) in [6.07, 6.45) is 1.30. The quantitative estimate of drug-likeness (QED) is 0.236. The average molecular weight is 291 g/mol. The highest BCUT2D eigenvalue weighted by Gasteiger charge is 2.20. The summed E-state index contributed by atoms with van der Waals surface area (Å²) in [6, 6.07) is 3.93. The summed E-state index contributed by atoms with van der Waals surface area (Å²) < 4.78 is 1.29. The molecule has 0 atom stereocenters. The molecule has 0 unspecified atom stereocenters. The topological polar surface area (TPSA) is 146 Å². The van der Waals surface area contributed by atoms with Crippen LogP contribution in [0.2, 0.25) is 0 Å². The normalized spacial score (nSPS) is 11.4. The van der Waals surface area contributed by atoms with Crippen LogP contribution in [0.1, 0.15) is 15.9 Å². The van der Waals surface area contributed by atoms with Gasteiger partial charge in [0.15, 0.2) is 5.84 Å². The van der Waals surface area contributed by atoms with Gasteiger partial charge in [0, 0.05) is 7.05 Å². The molecule has 9 nitrogen and oxygen atoms in total. The first kappa shape index (κ1) is 14.2. The number of amides is 1. The first-order valence-corrected chi connectivity index (χ1v) is 5.78. The molecule has 0 bridgehead atoms. The molecule has 0 aliphatic rings. The Balaban J connectivity index is 2.39. The summed E-state index contributed by atoms with van der Waals surface area (Å²) >= 11 is 0. The Bertz CT molecular complexity index is 702. The van der Waals surface area contributed by atoms with E-state index in [4.69, 9.17) is 10.9 Å². The average Bonchev–Trinajstić information content (AvgIpc) is 2.79. The molecule has 2 aromatic rings. The highest BCUT2D eigenvalue weighted by molar-refractivity contribution is 6.11. The highest BCUT2D eigenvalue weighted by Crippen LogP contribution is 2.27. The molecule has 1 heterocycles. The van der Waals surface area contributed by atoms with Gasteiger partial charge in [-0.15, -0.1) is 0 Å². The van der Waals surface area contributed by atoms with E-state index in [1.807, 2.05) is 0 Å². The monoisotopic (exact) mass is 291 g/mol. The number of nitrogens with one attached hydrogen (secondary N) is 1. The number of nitrogens with two attached hydrogens (primary N) is 1. The summed E-state index contributed by atoms with van der Waals surface area (Å²) in [6.45, 7) is 0. The fourth-order valence-corrected chi connectivity index (χ4v) is 1.76. The van der Waals surface area contributed by atoms with Gasteiger partial charge in [-0.2, -0.15) is 5.10 Å². The number of rotatable bonds is 3. The molecule has 0 spiro atoms. The van der Waals surface area contributed by atoms with Crippen molar-refractivity contribution in [1.82, 2.24) is 9.78 Å². The number of hydrogen-bond acceptors (Lipinski definition) is 6. The predicted octanol–water partition coefficient (Wildman–Crippen LogP) is 0.178. The maximum absolute atomic E-state index is 12.2. The van der Waals surface area contributed by atoms with E-state index in [0.717, 1.165) is 0 Å². The van der Waals surface area contributed by atoms with Crippen LogP contribution in [0.5, 0.6) is 11.5 Å². The van der Waals surface area contributed by atoms with Crippen LogP contribution >= 0.6 is 0 Å². The molecule has 0 saturated carbocycles. The maximum atomic E-state index is 12.2. The number of aromatic nitrogens is 2. The third-order valence-corrected chi connectivity index (χ3v) is 2.80. The van der Waals surface area contributed by atoms with Crippen LogP contribution < -0.4 is 11.1 Å². The summed E-state index contributed by atoms with van der Waals surface area (Å²) in [4.78, 5) is 12.2. The van der Waals surface area contributed by atoms with Crippen molar-refractivity contribution in [2.75, 3.05) is 5.32 Å². The molecule has 1 aromatic carbocycles. The molecule has 0 radical (unpaired) electrons. The molecule has 2 rings (SSSR count). The summed E-state index contributed by atoms with van der Waals surface area (Å²) in [7, 11) is 1.54. The molecular formula is C12H13N5O4. The fraction of sp³-hybridized carbons (Fsp3) is 0.0833. The first-order valence-electron chi connectivity index (χ1n) is 5.78. The Kier molecular flexibility index (Phi) is 3.65. The molecular weight excluding hydrogens is 278 g/mol. The van der Waals surface area contributed by atoms with E-state index in [0.29, 0.717) is 0 Å². The standard InChI is InChI=1S/C12H13N5O4/c1-17-11(6(5-14-17)10(13)16-21)15-12(20)9-7(18)3-2-4-8(9)19/h2-5,18-19,21H,1H3,(H2,13,16)(H,15,20). The maximum Gasteiger partial charge on any atom is 0.264 e. The van der Waals surface area contributed by atoms with E-state index in [-0.39, 0.29) is 34.3 Å². The number of anilines is 1. The highest BCUT2D eigenvalue weighted by atomic mass is 16.4. The van der Waals surface area contributed by atoms with Gasteiger partial charge in [0.1, 0.15) is 22.9 Å². The van der Waals surface area contributed by atoms with Crippen LogP contribution in [-0.4, -0.2) is 36.9 Å². The van der Waals surface area contributed by atoms with Gasteiger partial charge < -0.3 is 26.5 Å². The number of aromatic hydroxyl groups is 2. The third-order valence-electron chi connectivity index (χ3n) is 2.80. The number of aryl methyl sites for hydroxylation is 1. The van der Waals surface area contributed by atoms with Gasteiger partial charge >= 0.3 is 0 Å². The molecule has 0 aliphatic carbocycles. The largest absolute Gasteiger partial charge is 0.507 e. The van der Waals surface area contributed by atoms with Crippen LogP contribution in [0, 0.1) is 0 Å². The number of carbonyl (C=O) groups excluding carboxylic acids is 1. The van der Waals surface area contributed by atoms with E-state index >= 15 is 0 Å². The van der Waals surface area contributed by atoms with Crippen molar-refractivity contribution in [3.8, 4) is 11.5 Å². The van der Waals surface area contributed by atoms with E-state index in [2.05, 4.69) is 15.6 Å². The number of phenols is 2. The second kappa shape index (κ2) is 5.41. The second-order valence-corrected chi connectivity index (χ2v) is 4.14. The Morgan fingerprint density at radius 2 is 2.00 bits per heavy atom. The van der Waals surface area contributed by atoms with Gasteiger partial charge in [-0.05, 0) is 12.1 Å². The number of nitrogens with zero attached hydrogens (tertiary/aromatic N) is 3. The lowest BCUT2D eigenvalue weighted by atomic mass is 10.1. The number of carbonyl (C=O) groups is 1. The van der Waals surface area contributed by atoms with Crippen LogP contribution in [-0.2, 0) is 7.05 Å². The molecule has 1 aromatic heterocycles. The van der Waals surface area contributed by atoms with Gasteiger partial charge in [0.2, 0.25) is 0 Å². The zero-order valence-corrected chi connectivity index (χ0v) is 11.0. The molecule has 9 heteroatoms. The molecule has 110 valence electrons. The lowest BCUT2D eigenvalue weighted by molar-refractivity contribution is 0.102. The van der Waals surface area contributed by atoms with Gasteiger partial charge in [0.25, 0.3) is 5.91 Å². The van der Waals surface area contributed by atoms with Crippen LogP contribution in [0.4, 0.5) is 5.82 Å². The predicted molar refractivity (Wildman–Crippen MR) is 73.4 cm³/mol. The fourth-order valence-electron chi connectivity index (χ4n) is 1.76. The number of amidine groups is 1. The summed E-state index contributed by atoms with van der Waals surface area (Å²) in [5, 5.41) is 37.2. The van der Waals surface area contributed by atoms with Crippen molar-refractivity contribution in [1.29, 1.82) is 0 Å². The van der Waals surface area contributed by atoms with Gasteiger partial charge in [0.05, 0.1) is 11.8 Å². The SMILES string of the molecule is Cn1ncc(/C(N)=N/O)c1NC(=O)c1c(O)cccc1O. The molecule has 0 fully saturated rings. The van der Waals surface area contributed by atoms with Crippen LogP contribution in [0.25, 0.3) is 0 Å². The first-order chi connectivity index (χ1) is 9.95. The molecule has 1 amide bonds. The molecule has 0 saturated heterocycles. The Hall–Kier alpha value is -3.23. The Morgan fingerprint density at radius 1 is 1.38 bits per heavy atom. The lowest BCUT2D eigenvalue weighted by Crippen LogP contribution is -2.20. The third kappa shape index (κ3) is 2.56. The van der Waals surface area contributed by atoms with Gasteiger partial charge in [-0.3, -0.25) is 9.48 Å². The Morgan fingerprint density at radius 3 is 2.57 bits per heavy atom. The number of benzene rings is 1. The number of hydrogen-bond donors (Lipinski definition) is 5. The van der Waals surface area contributed by atoms with Crippen molar-refractivity contribution >= 4 is 17.6 Å². The summed E-state index contributed by atoms with van der Waals surface area (Å²) in [5.74, 6) is -1.60. The van der Waals surface area contributed by atoms with Crippen LogP contribution in [0.3, 0.4) is 0 Å². The molecule has 0 aliphatic heterocycles. The van der Waals surface area contributed by atoms with Crippen LogP contribution in [0.15, 0.2) is 29.6 Å². The summed E-state index contributed by atoms with van der Waals surface area (Å²) in [5.41, 5.74) is 5.39. The van der Waals surface area contributed by atoms with Crippen molar-refractivity contribution in [2.45, 2.75) is 0 Å². The molecule has 6 N–H and O–H groups in total. The van der Waals surface area contributed by atoms with Crippen molar-refractivity contribution in [3.05, 3.63) is 35.5 Å². The smallest absolute Gasteiger partial charge is 0.264 e. The van der Waals surface area contributed by atoms with Crippen molar-refractivity contribution in [2.24, 2.45) is 17.9 Å². The van der Waals surface area contributed by atoms with E-state index in [9.17, 15) is 15.0 Å². The van der Waals surface area contributed by atoms with Crippen molar-refractivity contribution in [3.63, 3.8) is 0 Å². The van der Waals surface area contributed by atoms with E-state index in [1.165, 1.54) is 36.1 Å². The van der Waals surface area contributed by atoms with Crippen molar-refractivity contribution < 1.29 is 20.2 Å². The zero-order chi connectivity index (χ0) is 15.6. The minimum Gasteiger partial charge on any atom is -0.507 e. The van der Waals surface area contributed by atoms with E-state index in [1.54, 1.807) is 0 Å². The lowest BCUT2D eigenvalue weighted by Gasteiger charge is -2.10. The number of oxime groups is 1. The molecule has 21 heavy (non-hydrogen) atoms. The minimum absolute atomic E-state index is 0.151. The Labute approximate surface area is 118 Å². The van der Waals surface area contributed by atoms with E-state index < -0.39 is 5.91 Å². The van der Waals surface area contributed by atoms with Gasteiger partial charge in [-0.25, -0.2) is 0 Å². The van der Waals surface area contributed by atoms with Gasteiger partial charge in [-0.1, -0.05) is 11.2 Å². The number of phenolic OH excluding ortho intramolecular Hbond substituents is 2. The zero-order valence-electron chi connectivity index (χ0n) is 11.0. The second-order valence-electron chi connectivity index (χ2n) is 4.14. The minimum atomic E-state index is -0.763.